The van der Waals surface area contributed by atoms with E-state index in [1.165, 1.54) is 0 Å². The monoisotopic (exact) mass is 349 g/mol. The van der Waals surface area contributed by atoms with Crippen molar-refractivity contribution in [3.63, 3.8) is 0 Å². The van der Waals surface area contributed by atoms with E-state index in [2.05, 4.69) is 9.80 Å². The zero-order valence-corrected chi connectivity index (χ0v) is 14.1. The van der Waals surface area contributed by atoms with Crippen molar-refractivity contribution in [3.05, 3.63) is 0 Å². The van der Waals surface area contributed by atoms with Gasteiger partial charge < -0.3 is 9.80 Å². The van der Waals surface area contributed by atoms with Crippen LogP contribution in [0, 0.1) is 0 Å². The molecule has 4 nitrogen and oxygen atoms in total. The van der Waals surface area contributed by atoms with Gasteiger partial charge in [-0.05, 0) is 49.5 Å². The Morgan fingerprint density at radius 2 is 0.842 bits per heavy atom. The fraction of sp³-hybridized carbons (Fsp3) is 1.00. The Bertz CT molecular complexity index is 224. The van der Waals surface area contributed by atoms with Crippen LogP contribution >= 0.6 is 23.6 Å². The molecule has 2 aliphatic heterocycles. The van der Waals surface area contributed by atoms with E-state index < -0.39 is 0 Å². The molecular weight excluding hydrogens is 326 g/mol. The van der Waals surface area contributed by atoms with Crippen LogP contribution in [0.1, 0.15) is 12.8 Å². The van der Waals surface area contributed by atoms with E-state index in [1.54, 1.807) is 0 Å². The van der Waals surface area contributed by atoms with Gasteiger partial charge in [0.25, 0.3) is 0 Å². The Morgan fingerprint density at radius 3 is 1.26 bits per heavy atom. The normalized spacial score (nSPS) is 32.5. The number of halogens is 2. The van der Waals surface area contributed by atoms with Gasteiger partial charge in [-0.25, -0.2) is 8.84 Å². The minimum atomic E-state index is 0. The first-order valence-electron chi connectivity index (χ1n) is 7.00. The van der Waals surface area contributed by atoms with E-state index in [-0.39, 0.29) is 17.1 Å². The molecule has 2 fully saturated rings. The topological polar surface area (TPSA) is 13.0 Å². The van der Waals surface area contributed by atoms with Crippen molar-refractivity contribution in [2.24, 2.45) is 0 Å². The zero-order chi connectivity index (χ0) is 12.8. The zero-order valence-electron chi connectivity index (χ0n) is 11.4. The summed E-state index contributed by atoms with van der Waals surface area (Å²) in [5, 5.41) is 0. The molecule has 0 spiro atoms. The van der Waals surface area contributed by atoms with Crippen LogP contribution in [-0.4, -0.2) is 84.1 Å². The Morgan fingerprint density at radius 1 is 0.474 bits per heavy atom. The van der Waals surface area contributed by atoms with Gasteiger partial charge in [0.1, 0.15) is 0 Å². The summed E-state index contributed by atoms with van der Waals surface area (Å²) in [6.45, 7) is 10.6. The van der Waals surface area contributed by atoms with Crippen LogP contribution in [0.3, 0.4) is 0 Å². The van der Waals surface area contributed by atoms with Gasteiger partial charge in [0.2, 0.25) is 0 Å². The molecule has 2 bridgehead atoms. The molecule has 0 aromatic heterocycles. The van der Waals surface area contributed by atoms with E-state index >= 15 is 0 Å². The van der Waals surface area contributed by atoms with Crippen molar-refractivity contribution in [2.45, 2.75) is 12.8 Å². The van der Waals surface area contributed by atoms with Crippen LogP contribution in [0.5, 0.6) is 0 Å². The molecule has 19 heavy (non-hydrogen) atoms. The smallest absolute Gasteiger partial charge is 0.301 e. The fourth-order valence-electron chi connectivity index (χ4n) is 2.61. The predicted molar refractivity (Wildman–Crippen MR) is 77.0 cm³/mol. The van der Waals surface area contributed by atoms with Crippen molar-refractivity contribution in [1.29, 1.82) is 0 Å². The van der Waals surface area contributed by atoms with Gasteiger partial charge in [-0.2, -0.15) is 0 Å². The molecule has 0 N–H and O–H groups in total. The molecule has 2 atom stereocenters. The Balaban J connectivity index is 0.00000180. The second-order valence-electron chi connectivity index (χ2n) is 5.21. The van der Waals surface area contributed by atoms with Crippen LogP contribution in [0.25, 0.3) is 0 Å². The van der Waals surface area contributed by atoms with Gasteiger partial charge in [-0.15, -0.1) is 0 Å². The van der Waals surface area contributed by atoms with Gasteiger partial charge >= 0.3 is 17.1 Å². The summed E-state index contributed by atoms with van der Waals surface area (Å²) in [6.07, 6.45) is 2.29. The van der Waals surface area contributed by atoms with Crippen molar-refractivity contribution in [3.8, 4) is 0 Å². The molecule has 7 heteroatoms. The van der Waals surface area contributed by atoms with Crippen molar-refractivity contribution >= 4 is 23.6 Å². The number of hydrogen-bond acceptors (Lipinski definition) is 4. The van der Waals surface area contributed by atoms with Crippen LogP contribution in [0.4, 0.5) is 0 Å². The molecule has 0 amide bonds. The third kappa shape index (κ3) is 6.96. The average Bonchev–Trinajstić information content (AvgIpc) is 2.37. The second-order valence-corrected chi connectivity index (χ2v) is 6.17. The third-order valence-corrected chi connectivity index (χ3v) is 4.48. The van der Waals surface area contributed by atoms with Gasteiger partial charge in [0.05, 0.1) is 0 Å². The molecular formula is C12H24Cl2MnN4+2. The maximum atomic E-state index is 6.21. The van der Waals surface area contributed by atoms with E-state index in [4.69, 9.17) is 23.6 Å². The van der Waals surface area contributed by atoms with Gasteiger partial charge in [0.15, 0.2) is 0 Å². The van der Waals surface area contributed by atoms with E-state index in [0.717, 1.165) is 78.3 Å². The molecule has 0 saturated carbocycles. The van der Waals surface area contributed by atoms with Crippen molar-refractivity contribution in [2.75, 3.05) is 65.4 Å². The molecule has 2 saturated heterocycles. The summed E-state index contributed by atoms with van der Waals surface area (Å²) in [6, 6.07) is 0. The molecule has 2 rings (SSSR count). The van der Waals surface area contributed by atoms with E-state index in [9.17, 15) is 0 Å². The minimum absolute atomic E-state index is 0. The van der Waals surface area contributed by atoms with Crippen LogP contribution in [0.15, 0.2) is 0 Å². The molecule has 0 aromatic rings. The molecule has 0 aliphatic carbocycles. The van der Waals surface area contributed by atoms with Crippen molar-refractivity contribution < 1.29 is 17.1 Å². The first kappa shape index (κ1) is 18.0. The summed E-state index contributed by atoms with van der Waals surface area (Å²) in [4.78, 5) is 5.04. The van der Waals surface area contributed by atoms with Gasteiger partial charge in [-0.3, -0.25) is 0 Å². The minimum Gasteiger partial charge on any atom is -0.301 e. The SMILES string of the molecule is ClN1CCCN2CCN(Cl)CCCN(CC1)CC2.[Mn+2]. The molecule has 0 aromatic carbocycles. The number of hydrogen-bond donors (Lipinski definition) is 0. The Hall–Kier alpha value is 0.939. The predicted octanol–water partition coefficient (Wildman–Crippen LogP) is 1.31. The van der Waals surface area contributed by atoms with Crippen LogP contribution in [0.2, 0.25) is 0 Å². The average molecular weight is 350 g/mol. The standard InChI is InChI=1S/C12H24Cl2N4.Mn/c13-17-5-1-3-15-7-8-16(10-11-17)4-2-6-18(14)12-9-15;/h1-12H2;/q;+2. The third-order valence-electron chi connectivity index (χ3n) is 3.80. The maximum absolute atomic E-state index is 6.21. The molecule has 111 valence electrons. The van der Waals surface area contributed by atoms with Crippen LogP contribution in [-0.2, 0) is 17.1 Å². The molecule has 2 heterocycles. The van der Waals surface area contributed by atoms with Crippen LogP contribution < -0.4 is 0 Å². The Labute approximate surface area is 137 Å². The van der Waals surface area contributed by atoms with E-state index in [0.29, 0.717) is 0 Å². The molecule has 1 radical (unpaired) electrons. The first-order valence-corrected chi connectivity index (χ1v) is 7.68. The largest absolute Gasteiger partial charge is 2.00 e. The number of rotatable bonds is 0. The summed E-state index contributed by atoms with van der Waals surface area (Å²) in [5.74, 6) is 0. The Kier molecular flexibility index (Phi) is 9.28. The van der Waals surface area contributed by atoms with E-state index in [1.807, 2.05) is 8.84 Å². The summed E-state index contributed by atoms with van der Waals surface area (Å²) < 4.78 is 3.88. The van der Waals surface area contributed by atoms with Crippen molar-refractivity contribution in [1.82, 2.24) is 18.6 Å². The summed E-state index contributed by atoms with van der Waals surface area (Å²) >= 11 is 12.4. The number of fused-ring (bicyclic) bond motifs is 3. The van der Waals surface area contributed by atoms with Gasteiger partial charge in [-0.1, -0.05) is 0 Å². The summed E-state index contributed by atoms with van der Waals surface area (Å²) in [7, 11) is 0. The molecule has 2 unspecified atom stereocenters. The second kappa shape index (κ2) is 9.80. The molecule has 2 aliphatic rings. The maximum Gasteiger partial charge on any atom is 2.00 e. The first-order chi connectivity index (χ1) is 8.74. The summed E-state index contributed by atoms with van der Waals surface area (Å²) in [5.41, 5.74) is 0. The quantitative estimate of drug-likeness (QED) is 0.482. The fourth-order valence-corrected chi connectivity index (χ4v) is 3.00. The number of nitrogens with zero attached hydrogens (tertiary/aromatic N) is 4. The van der Waals surface area contributed by atoms with Gasteiger partial charge in [0, 0.05) is 52.4 Å².